The molecular weight excluding hydrogens is 269 g/mol. The molecule has 0 saturated heterocycles. The van der Waals surface area contributed by atoms with E-state index in [1.807, 2.05) is 24.3 Å². The smallest absolute Gasteiger partial charge is 0.192 e. The molecule has 1 aliphatic rings. The zero-order valence-electron chi connectivity index (χ0n) is 11.3. The molecule has 2 aromatic heterocycles. The molecule has 1 aromatic carbocycles. The summed E-state index contributed by atoms with van der Waals surface area (Å²) in [5.74, 6) is -0.153. The molecule has 0 amide bonds. The van der Waals surface area contributed by atoms with Crippen LogP contribution in [0.15, 0.2) is 36.5 Å². The third kappa shape index (κ3) is 2.27. The van der Waals surface area contributed by atoms with E-state index in [1.54, 1.807) is 12.3 Å². The molecule has 21 heavy (non-hydrogen) atoms. The van der Waals surface area contributed by atoms with Crippen molar-refractivity contribution in [2.24, 2.45) is 0 Å². The van der Waals surface area contributed by atoms with Crippen molar-refractivity contribution in [1.82, 2.24) is 25.3 Å². The molecular formula is C15H14FN5. The predicted octanol–water partition coefficient (Wildman–Crippen LogP) is 2.21. The Morgan fingerprint density at radius 2 is 2.10 bits per heavy atom. The second-order valence-electron chi connectivity index (χ2n) is 5.25. The molecule has 0 aliphatic heterocycles. The van der Waals surface area contributed by atoms with Crippen LogP contribution in [0.1, 0.15) is 18.4 Å². The van der Waals surface area contributed by atoms with Crippen LogP contribution in [-0.4, -0.2) is 26.0 Å². The molecule has 0 atom stereocenters. The maximum absolute atomic E-state index is 14.6. The number of hydrogen-bond donors (Lipinski definition) is 1. The van der Waals surface area contributed by atoms with Crippen molar-refractivity contribution in [3.63, 3.8) is 0 Å². The SMILES string of the molecule is Fc1c(CNC2CC2)ccnc1-n1nnc2ccccc21. The molecule has 0 spiro atoms. The summed E-state index contributed by atoms with van der Waals surface area (Å²) in [5.41, 5.74) is 2.07. The monoisotopic (exact) mass is 283 g/mol. The minimum Gasteiger partial charge on any atom is -0.310 e. The zero-order chi connectivity index (χ0) is 14.2. The first-order chi connectivity index (χ1) is 10.3. The Bertz CT molecular complexity index is 794. The summed E-state index contributed by atoms with van der Waals surface area (Å²) in [6.07, 6.45) is 3.96. The molecule has 5 nitrogen and oxygen atoms in total. The highest BCUT2D eigenvalue weighted by Crippen LogP contribution is 2.22. The van der Waals surface area contributed by atoms with Crippen LogP contribution in [0.2, 0.25) is 0 Å². The quantitative estimate of drug-likeness (QED) is 0.797. The summed E-state index contributed by atoms with van der Waals surface area (Å²) < 4.78 is 16.1. The normalized spacial score (nSPS) is 14.7. The third-order valence-corrected chi connectivity index (χ3v) is 3.66. The molecule has 1 saturated carbocycles. The van der Waals surface area contributed by atoms with Crippen molar-refractivity contribution in [1.29, 1.82) is 0 Å². The molecule has 3 aromatic rings. The van der Waals surface area contributed by atoms with Gasteiger partial charge in [-0.1, -0.05) is 17.3 Å². The van der Waals surface area contributed by atoms with E-state index in [1.165, 1.54) is 17.5 Å². The number of hydrogen-bond acceptors (Lipinski definition) is 4. The number of halogens is 1. The summed E-state index contributed by atoms with van der Waals surface area (Å²) in [4.78, 5) is 4.13. The summed E-state index contributed by atoms with van der Waals surface area (Å²) in [5, 5.41) is 11.4. The Labute approximate surface area is 120 Å². The van der Waals surface area contributed by atoms with Gasteiger partial charge in [-0.3, -0.25) is 0 Å². The Balaban J connectivity index is 1.75. The summed E-state index contributed by atoms with van der Waals surface area (Å²) in [7, 11) is 0. The predicted molar refractivity (Wildman–Crippen MR) is 76.5 cm³/mol. The maximum atomic E-state index is 14.6. The molecule has 4 rings (SSSR count). The van der Waals surface area contributed by atoms with Crippen LogP contribution in [0.3, 0.4) is 0 Å². The first-order valence-corrected chi connectivity index (χ1v) is 7.00. The van der Waals surface area contributed by atoms with Crippen LogP contribution in [0, 0.1) is 5.82 Å². The van der Waals surface area contributed by atoms with E-state index >= 15 is 0 Å². The molecule has 106 valence electrons. The molecule has 1 N–H and O–H groups in total. The van der Waals surface area contributed by atoms with Gasteiger partial charge in [-0.25, -0.2) is 9.37 Å². The topological polar surface area (TPSA) is 55.6 Å². The maximum Gasteiger partial charge on any atom is 0.192 e. The number of fused-ring (bicyclic) bond motifs is 1. The minimum absolute atomic E-state index is 0.193. The Morgan fingerprint density at radius 1 is 1.24 bits per heavy atom. The fourth-order valence-corrected chi connectivity index (χ4v) is 2.32. The highest BCUT2D eigenvalue weighted by Gasteiger charge is 2.21. The van der Waals surface area contributed by atoms with Gasteiger partial charge in [0.05, 0.1) is 5.52 Å². The van der Waals surface area contributed by atoms with E-state index in [0.29, 0.717) is 18.2 Å². The minimum atomic E-state index is -0.346. The van der Waals surface area contributed by atoms with Crippen LogP contribution in [0.25, 0.3) is 16.9 Å². The van der Waals surface area contributed by atoms with Crippen LogP contribution in [0.4, 0.5) is 4.39 Å². The highest BCUT2D eigenvalue weighted by molar-refractivity contribution is 5.75. The van der Waals surface area contributed by atoms with Crippen molar-refractivity contribution in [2.75, 3.05) is 0 Å². The third-order valence-electron chi connectivity index (χ3n) is 3.66. The largest absolute Gasteiger partial charge is 0.310 e. The number of nitrogens with zero attached hydrogens (tertiary/aromatic N) is 4. The average Bonchev–Trinajstić information content (AvgIpc) is 3.24. The van der Waals surface area contributed by atoms with Crippen molar-refractivity contribution < 1.29 is 4.39 Å². The van der Waals surface area contributed by atoms with Gasteiger partial charge in [0.15, 0.2) is 11.6 Å². The second-order valence-corrected chi connectivity index (χ2v) is 5.25. The van der Waals surface area contributed by atoms with Gasteiger partial charge in [0.25, 0.3) is 0 Å². The summed E-state index contributed by atoms with van der Waals surface area (Å²) >= 11 is 0. The highest BCUT2D eigenvalue weighted by atomic mass is 19.1. The summed E-state index contributed by atoms with van der Waals surface area (Å²) in [6.45, 7) is 0.513. The molecule has 6 heteroatoms. The van der Waals surface area contributed by atoms with Crippen molar-refractivity contribution in [2.45, 2.75) is 25.4 Å². The van der Waals surface area contributed by atoms with E-state index in [-0.39, 0.29) is 11.6 Å². The van der Waals surface area contributed by atoms with Gasteiger partial charge in [-0.15, -0.1) is 5.10 Å². The van der Waals surface area contributed by atoms with Gasteiger partial charge in [-0.05, 0) is 31.0 Å². The lowest BCUT2D eigenvalue weighted by atomic mass is 10.2. The Morgan fingerprint density at radius 3 is 2.95 bits per heavy atom. The second kappa shape index (κ2) is 4.89. The van der Waals surface area contributed by atoms with E-state index in [9.17, 15) is 4.39 Å². The Kier molecular flexibility index (Phi) is 2.89. The Hall–Kier alpha value is -2.34. The number of pyridine rings is 1. The first kappa shape index (κ1) is 12.4. The van der Waals surface area contributed by atoms with Gasteiger partial charge in [0.2, 0.25) is 0 Å². The lowest BCUT2D eigenvalue weighted by Gasteiger charge is -2.08. The van der Waals surface area contributed by atoms with Crippen molar-refractivity contribution >= 4 is 11.0 Å². The molecule has 0 radical (unpaired) electrons. The van der Waals surface area contributed by atoms with Gasteiger partial charge < -0.3 is 5.32 Å². The molecule has 2 heterocycles. The molecule has 1 fully saturated rings. The van der Waals surface area contributed by atoms with E-state index in [2.05, 4.69) is 20.6 Å². The number of rotatable bonds is 4. The zero-order valence-corrected chi connectivity index (χ0v) is 11.3. The summed E-state index contributed by atoms with van der Waals surface area (Å²) in [6, 6.07) is 9.68. The standard InChI is InChI=1S/C15H14FN5/c16-14-10(9-18-11-5-6-11)7-8-17-15(14)21-13-4-2-1-3-12(13)19-20-21/h1-4,7-8,11,18H,5-6,9H2. The van der Waals surface area contributed by atoms with Crippen LogP contribution < -0.4 is 5.32 Å². The fourth-order valence-electron chi connectivity index (χ4n) is 2.32. The van der Waals surface area contributed by atoms with E-state index in [4.69, 9.17) is 0 Å². The average molecular weight is 283 g/mol. The molecule has 1 aliphatic carbocycles. The number of para-hydroxylation sites is 1. The van der Waals surface area contributed by atoms with Crippen molar-refractivity contribution in [3.05, 3.63) is 47.9 Å². The van der Waals surface area contributed by atoms with Crippen LogP contribution >= 0.6 is 0 Å². The van der Waals surface area contributed by atoms with Crippen LogP contribution in [0.5, 0.6) is 0 Å². The van der Waals surface area contributed by atoms with E-state index < -0.39 is 0 Å². The number of aromatic nitrogens is 4. The van der Waals surface area contributed by atoms with Crippen molar-refractivity contribution in [3.8, 4) is 5.82 Å². The molecule has 0 unspecified atom stereocenters. The number of nitrogens with one attached hydrogen (secondary N) is 1. The first-order valence-electron chi connectivity index (χ1n) is 7.00. The lowest BCUT2D eigenvalue weighted by Crippen LogP contribution is -2.17. The molecule has 0 bridgehead atoms. The lowest BCUT2D eigenvalue weighted by molar-refractivity contribution is 0.566. The van der Waals surface area contributed by atoms with Gasteiger partial charge >= 0.3 is 0 Å². The number of benzene rings is 1. The van der Waals surface area contributed by atoms with Crippen LogP contribution in [-0.2, 0) is 6.54 Å². The van der Waals surface area contributed by atoms with Gasteiger partial charge in [0, 0.05) is 24.3 Å². The fraction of sp³-hybridized carbons (Fsp3) is 0.267. The van der Waals surface area contributed by atoms with Gasteiger partial charge in [0.1, 0.15) is 5.52 Å². The van der Waals surface area contributed by atoms with Gasteiger partial charge in [-0.2, -0.15) is 4.68 Å². The van der Waals surface area contributed by atoms with E-state index in [0.717, 1.165) is 11.0 Å².